The summed E-state index contributed by atoms with van der Waals surface area (Å²) in [6, 6.07) is 5.95. The Morgan fingerprint density at radius 2 is 1.90 bits per heavy atom. The second-order valence-corrected chi connectivity index (χ2v) is 6.91. The van der Waals surface area contributed by atoms with Crippen molar-refractivity contribution in [1.82, 2.24) is 20.2 Å². The molecular weight excluding hydrogens is 380 g/mol. The van der Waals surface area contributed by atoms with Gasteiger partial charge in [0.25, 0.3) is 0 Å². The summed E-state index contributed by atoms with van der Waals surface area (Å²) in [6.45, 7) is 7.89. The fourth-order valence-corrected chi connectivity index (χ4v) is 3.60. The second kappa shape index (κ2) is 10.5. The summed E-state index contributed by atoms with van der Waals surface area (Å²) >= 11 is 0. The number of nitrogens with one attached hydrogen (secondary N) is 1. The van der Waals surface area contributed by atoms with Gasteiger partial charge in [-0.2, -0.15) is 0 Å². The number of piperazine rings is 1. The largest absolute Gasteiger partial charge is 0.493 e. The van der Waals surface area contributed by atoms with Crippen molar-refractivity contribution in [3.8, 4) is 11.5 Å². The first-order chi connectivity index (χ1) is 14.7. The molecule has 0 radical (unpaired) electrons. The van der Waals surface area contributed by atoms with Gasteiger partial charge in [-0.1, -0.05) is 6.08 Å². The molecule has 1 aliphatic rings. The van der Waals surface area contributed by atoms with E-state index in [2.05, 4.69) is 42.7 Å². The minimum Gasteiger partial charge on any atom is -0.493 e. The van der Waals surface area contributed by atoms with E-state index >= 15 is 0 Å². The van der Waals surface area contributed by atoms with Gasteiger partial charge in [0.05, 0.1) is 14.2 Å². The molecule has 1 aromatic carbocycles. The van der Waals surface area contributed by atoms with Crippen LogP contribution in [0.2, 0.25) is 0 Å². The molecule has 0 atom stereocenters. The van der Waals surface area contributed by atoms with Crippen LogP contribution in [0.3, 0.4) is 0 Å². The number of anilines is 1. The fraction of sp³-hybridized carbons (Fsp3) is 0.409. The highest BCUT2D eigenvalue weighted by atomic mass is 16.5. The van der Waals surface area contributed by atoms with E-state index in [0.29, 0.717) is 13.0 Å². The molecule has 0 bridgehead atoms. The molecule has 1 saturated heterocycles. The van der Waals surface area contributed by atoms with Gasteiger partial charge in [0.1, 0.15) is 0 Å². The molecule has 3 rings (SSSR count). The number of methoxy groups -OCH3 is 2. The predicted octanol–water partition coefficient (Wildman–Crippen LogP) is 2.12. The van der Waals surface area contributed by atoms with Gasteiger partial charge >= 0.3 is 0 Å². The summed E-state index contributed by atoms with van der Waals surface area (Å²) in [6.07, 6.45) is 6.13. The van der Waals surface area contributed by atoms with Crippen LogP contribution in [-0.4, -0.2) is 68.3 Å². The van der Waals surface area contributed by atoms with Crippen LogP contribution in [0.5, 0.6) is 11.5 Å². The van der Waals surface area contributed by atoms with Gasteiger partial charge in [-0.15, -0.1) is 6.58 Å². The van der Waals surface area contributed by atoms with E-state index in [4.69, 9.17) is 9.47 Å². The zero-order valence-electron chi connectivity index (χ0n) is 18.0. The lowest BCUT2D eigenvalue weighted by Crippen LogP contribution is -2.52. The number of allylic oxidation sites excluding steroid dienone is 1. The molecule has 1 aliphatic heterocycles. The van der Waals surface area contributed by atoms with Crippen molar-refractivity contribution in [3.63, 3.8) is 0 Å². The number of benzene rings is 1. The van der Waals surface area contributed by atoms with Crippen LogP contribution in [0.15, 0.2) is 48.2 Å². The number of hydrogen-bond donors (Lipinski definition) is 1. The fourth-order valence-electron chi connectivity index (χ4n) is 3.60. The monoisotopic (exact) mass is 410 g/mol. The van der Waals surface area contributed by atoms with Gasteiger partial charge in [-0.25, -0.2) is 9.97 Å². The third-order valence-corrected chi connectivity index (χ3v) is 5.06. The normalized spacial score (nSPS) is 14.4. The highest BCUT2D eigenvalue weighted by Crippen LogP contribution is 2.33. The van der Waals surface area contributed by atoms with Crippen LogP contribution in [0.25, 0.3) is 0 Å². The summed E-state index contributed by atoms with van der Waals surface area (Å²) in [7, 11) is 5.12. The van der Waals surface area contributed by atoms with Crippen LogP contribution in [0.1, 0.15) is 11.1 Å². The Balaban J connectivity index is 1.63. The highest BCUT2D eigenvalue weighted by molar-refractivity contribution is 5.80. The van der Waals surface area contributed by atoms with Gasteiger partial charge in [-0.3, -0.25) is 4.99 Å². The number of guanidine groups is 1. The van der Waals surface area contributed by atoms with Crippen molar-refractivity contribution >= 4 is 11.9 Å². The Hall–Kier alpha value is -3.29. The molecular formula is C22H30N6O2. The maximum absolute atomic E-state index is 5.52. The molecule has 160 valence electrons. The average Bonchev–Trinajstić information content (AvgIpc) is 2.80. The molecule has 0 unspecified atom stereocenters. The van der Waals surface area contributed by atoms with Crippen molar-refractivity contribution in [3.05, 3.63) is 54.4 Å². The zero-order valence-corrected chi connectivity index (χ0v) is 18.0. The van der Waals surface area contributed by atoms with Gasteiger partial charge in [0.2, 0.25) is 5.95 Å². The van der Waals surface area contributed by atoms with E-state index in [1.807, 2.05) is 25.3 Å². The van der Waals surface area contributed by atoms with Crippen LogP contribution >= 0.6 is 0 Å². The number of nitrogens with zero attached hydrogens (tertiary/aromatic N) is 5. The first-order valence-corrected chi connectivity index (χ1v) is 10.0. The molecule has 8 heteroatoms. The van der Waals surface area contributed by atoms with Gasteiger partial charge < -0.3 is 24.6 Å². The Kier molecular flexibility index (Phi) is 7.48. The lowest BCUT2D eigenvalue weighted by molar-refractivity contribution is 0.351. The standard InChI is InChI=1S/C22H30N6O2/c1-5-7-18-14-17(15-19(29-3)20(18)30-4)16-26-21(23-2)27-10-12-28(13-11-27)22-24-8-6-9-25-22/h5-6,8-9,14-15H,1,7,10-13,16H2,2-4H3,(H,23,26). The number of aromatic nitrogens is 2. The van der Waals surface area contributed by atoms with Crippen LogP contribution < -0.4 is 19.7 Å². The first kappa shape index (κ1) is 21.4. The van der Waals surface area contributed by atoms with Crippen LogP contribution in [0, 0.1) is 0 Å². The molecule has 0 spiro atoms. The van der Waals surface area contributed by atoms with Gasteiger partial charge in [0, 0.05) is 57.7 Å². The van der Waals surface area contributed by atoms with Crippen LogP contribution in [0.4, 0.5) is 5.95 Å². The Labute approximate surface area is 178 Å². The van der Waals surface area contributed by atoms with Crippen molar-refractivity contribution in [2.75, 3.05) is 52.3 Å². The zero-order chi connectivity index (χ0) is 21.3. The number of ether oxygens (including phenoxy) is 2. The van der Waals surface area contributed by atoms with Gasteiger partial charge in [0.15, 0.2) is 17.5 Å². The Morgan fingerprint density at radius 3 is 2.50 bits per heavy atom. The Morgan fingerprint density at radius 1 is 1.17 bits per heavy atom. The molecule has 1 fully saturated rings. The molecule has 0 aliphatic carbocycles. The highest BCUT2D eigenvalue weighted by Gasteiger charge is 2.21. The maximum atomic E-state index is 5.52. The van der Waals surface area contributed by atoms with E-state index in [-0.39, 0.29) is 0 Å². The van der Waals surface area contributed by atoms with E-state index in [9.17, 15) is 0 Å². The van der Waals surface area contributed by atoms with E-state index in [1.165, 1.54) is 0 Å². The van der Waals surface area contributed by atoms with E-state index in [1.54, 1.807) is 26.6 Å². The number of hydrogen-bond acceptors (Lipinski definition) is 6. The van der Waals surface area contributed by atoms with E-state index in [0.717, 1.165) is 60.7 Å². The predicted molar refractivity (Wildman–Crippen MR) is 119 cm³/mol. The molecule has 0 saturated carbocycles. The molecule has 2 heterocycles. The molecule has 0 amide bonds. The smallest absolute Gasteiger partial charge is 0.225 e. The molecule has 2 aromatic rings. The van der Waals surface area contributed by atoms with Crippen LogP contribution in [-0.2, 0) is 13.0 Å². The topological polar surface area (TPSA) is 75.1 Å². The Bertz CT molecular complexity index is 863. The third-order valence-electron chi connectivity index (χ3n) is 5.06. The number of aliphatic imine (C=N–C) groups is 1. The lowest BCUT2D eigenvalue weighted by Gasteiger charge is -2.36. The minimum absolute atomic E-state index is 0.638. The van der Waals surface area contributed by atoms with Crippen molar-refractivity contribution < 1.29 is 9.47 Å². The number of rotatable bonds is 7. The van der Waals surface area contributed by atoms with Crippen molar-refractivity contribution in [2.24, 2.45) is 4.99 Å². The summed E-state index contributed by atoms with van der Waals surface area (Å²) in [4.78, 5) is 17.6. The summed E-state index contributed by atoms with van der Waals surface area (Å²) in [5.74, 6) is 3.13. The third kappa shape index (κ3) is 5.00. The lowest BCUT2D eigenvalue weighted by atomic mass is 10.1. The SMILES string of the molecule is C=CCc1cc(CNC(=NC)N2CCN(c3ncccn3)CC2)cc(OC)c1OC. The first-order valence-electron chi connectivity index (χ1n) is 10.0. The molecule has 1 aromatic heterocycles. The summed E-state index contributed by atoms with van der Waals surface area (Å²) in [5, 5.41) is 3.47. The minimum atomic E-state index is 0.638. The summed E-state index contributed by atoms with van der Waals surface area (Å²) < 4.78 is 11.0. The quantitative estimate of drug-likeness (QED) is 0.426. The second-order valence-electron chi connectivity index (χ2n) is 6.91. The molecule has 8 nitrogen and oxygen atoms in total. The molecule has 30 heavy (non-hydrogen) atoms. The average molecular weight is 411 g/mol. The van der Waals surface area contributed by atoms with Gasteiger partial charge in [-0.05, 0) is 30.2 Å². The van der Waals surface area contributed by atoms with E-state index < -0.39 is 0 Å². The molecule has 1 N–H and O–H groups in total. The maximum Gasteiger partial charge on any atom is 0.225 e. The van der Waals surface area contributed by atoms with Crippen molar-refractivity contribution in [2.45, 2.75) is 13.0 Å². The van der Waals surface area contributed by atoms with Crippen molar-refractivity contribution in [1.29, 1.82) is 0 Å². The summed E-state index contributed by atoms with van der Waals surface area (Å²) in [5.41, 5.74) is 2.15.